The smallest absolute Gasteiger partial charge is 0.493 e. The summed E-state index contributed by atoms with van der Waals surface area (Å²) < 4.78 is 78.8. The van der Waals surface area contributed by atoms with Crippen molar-refractivity contribution < 1.29 is 91.1 Å². The lowest BCUT2D eigenvalue weighted by Gasteiger charge is -2.18. The van der Waals surface area contributed by atoms with Crippen LogP contribution in [-0.4, -0.2) is 105 Å². The van der Waals surface area contributed by atoms with Crippen molar-refractivity contribution >= 4 is 208 Å². The molecule has 0 atom stereocenters. The molecular weight excluding hydrogens is 1920 g/mol. The number of pyridine rings is 5. The minimum absolute atomic E-state index is 0.0210. The molecule has 6 N–H and O–H groups in total. The maximum absolute atomic E-state index is 13.2. The number of rotatable bonds is 25. The van der Waals surface area contributed by atoms with Gasteiger partial charge in [-0.1, -0.05) is 176 Å². The highest BCUT2D eigenvalue weighted by Gasteiger charge is 2.33. The highest BCUT2D eigenvalue weighted by atomic mass is 35.5. The number of hydrogen-bond acceptors (Lipinski definition) is 17. The van der Waals surface area contributed by atoms with Gasteiger partial charge in [0, 0.05) is 32.6 Å². The monoisotopic (exact) mass is 2000 g/mol. The summed E-state index contributed by atoms with van der Waals surface area (Å²) >= 11 is 31.6. The van der Waals surface area contributed by atoms with Gasteiger partial charge in [-0.25, -0.2) is 0 Å². The molecule has 0 aliphatic heterocycles. The van der Waals surface area contributed by atoms with E-state index in [-0.39, 0.29) is 110 Å². The molecule has 716 valence electrons. The number of aliphatic carboxylic acids is 5. The van der Waals surface area contributed by atoms with Crippen LogP contribution < -0.4 is 60.9 Å². The van der Waals surface area contributed by atoms with E-state index in [4.69, 9.17) is 81.7 Å². The van der Waals surface area contributed by atoms with Crippen LogP contribution >= 0.6 is 58.0 Å². The van der Waals surface area contributed by atoms with Crippen LogP contribution in [0, 0.1) is 6.92 Å². The lowest BCUT2D eigenvalue weighted by Crippen LogP contribution is -2.18. The first-order valence-corrected chi connectivity index (χ1v) is 45.1. The lowest BCUT2D eigenvalue weighted by atomic mass is 10.00. The van der Waals surface area contributed by atoms with Gasteiger partial charge < -0.3 is 82.1 Å². The predicted molar refractivity (Wildman–Crippen MR) is 538 cm³/mol. The van der Waals surface area contributed by atoms with Crippen LogP contribution in [0.4, 0.5) is 24.5 Å². The van der Waals surface area contributed by atoms with E-state index in [0.717, 1.165) is 29.2 Å². The van der Waals surface area contributed by atoms with Crippen molar-refractivity contribution in [1.29, 1.82) is 0 Å². The van der Waals surface area contributed by atoms with Gasteiger partial charge in [-0.3, -0.25) is 47.9 Å². The zero-order valence-corrected chi connectivity index (χ0v) is 78.9. The fourth-order valence-electron chi connectivity index (χ4n) is 16.3. The molecule has 13 aromatic carbocycles. The quantitative estimate of drug-likeness (QED) is 0.0289. The molecule has 0 spiro atoms. The number of benzene rings is 13. The number of hydrogen-bond donors (Lipinski definition) is 6. The SMILES string of the molecule is CCCOc1c(Cl)ccc2c(=O)c3ccccc3n(CC(=O)O)c12.CCOc1c(Cl)ccc2c(=O)c3ccc(C(C)C)cc3n(CC(=O)O)c12.COc1c(Cl)ccc2c(=O)c3ccc(Nc4ccccc4OC(F)(F)F)cc3n(CC(=O)O)c12.Cc1ccc2c(=O)c3ccc(Cl)c(OCc4ccccc4)c3n(CC(=O)O)c2c1.O=C(O)Cn1c2ccccc2c(=O)c2ccc(Cl)c(Oc3ccccc3)c21. The second kappa shape index (κ2) is 43.4. The average molecular weight is 2000 g/mol. The molecule has 0 aliphatic rings. The molecule has 0 radical (unpaired) electrons. The van der Waals surface area contributed by atoms with E-state index < -0.39 is 48.5 Å². The zero-order valence-electron chi connectivity index (χ0n) is 75.1. The van der Waals surface area contributed by atoms with Crippen LogP contribution in [0.15, 0.2) is 273 Å². The molecule has 0 unspecified atom stereocenters. The van der Waals surface area contributed by atoms with Crippen molar-refractivity contribution in [2.75, 3.05) is 25.6 Å². The van der Waals surface area contributed by atoms with Gasteiger partial charge in [-0.2, -0.15) is 0 Å². The van der Waals surface area contributed by atoms with Gasteiger partial charge in [0.1, 0.15) is 45.1 Å². The van der Waals surface area contributed by atoms with Crippen LogP contribution in [-0.2, 0) is 63.3 Å². The Bertz CT molecular complexity index is 8300. The van der Waals surface area contributed by atoms with Crippen molar-refractivity contribution in [3.05, 3.63) is 342 Å². The Kier molecular flexibility index (Phi) is 31.1. The predicted octanol–water partition coefficient (Wildman–Crippen LogP) is 23.1. The number of anilines is 2. The number of aryl methyl sites for hydroxylation is 1. The third-order valence-electron chi connectivity index (χ3n) is 22.3. The molecule has 0 fully saturated rings. The third kappa shape index (κ3) is 21.7. The van der Waals surface area contributed by atoms with Crippen molar-refractivity contribution in [2.24, 2.45) is 0 Å². The van der Waals surface area contributed by atoms with E-state index in [9.17, 15) is 86.6 Å². The Labute approximate surface area is 817 Å². The van der Waals surface area contributed by atoms with Crippen molar-refractivity contribution in [3.63, 3.8) is 0 Å². The normalized spacial score (nSPS) is 11.2. The van der Waals surface area contributed by atoms with Crippen LogP contribution in [0.2, 0.25) is 25.1 Å². The van der Waals surface area contributed by atoms with Crippen LogP contribution in [0.3, 0.4) is 0 Å². The van der Waals surface area contributed by atoms with Gasteiger partial charge in [0.05, 0.1) is 133 Å². The van der Waals surface area contributed by atoms with Crippen LogP contribution in [0.25, 0.3) is 109 Å². The number of para-hydroxylation sites is 5. The number of carbonyl (C=O) groups is 5. The van der Waals surface area contributed by atoms with Crippen molar-refractivity contribution in [2.45, 2.75) is 92.7 Å². The van der Waals surface area contributed by atoms with Gasteiger partial charge in [0.15, 0.2) is 61.6 Å². The summed E-state index contributed by atoms with van der Waals surface area (Å²) in [6, 6.07) is 69.0. The molecule has 18 rings (SSSR count). The van der Waals surface area contributed by atoms with E-state index >= 15 is 0 Å². The molecule has 0 saturated carbocycles. The van der Waals surface area contributed by atoms with E-state index in [0.29, 0.717) is 149 Å². The van der Waals surface area contributed by atoms with Crippen molar-refractivity contribution in [3.8, 4) is 40.2 Å². The number of halogens is 8. The Balaban J connectivity index is 0.000000140. The summed E-state index contributed by atoms with van der Waals surface area (Å²) in [5.74, 6) is -3.56. The summed E-state index contributed by atoms with van der Waals surface area (Å²) in [5.41, 5.74) is 6.26. The minimum atomic E-state index is -4.89. The summed E-state index contributed by atoms with van der Waals surface area (Å²) in [4.78, 5) is 123. The highest BCUT2D eigenvalue weighted by molar-refractivity contribution is 6.35. The number of nitrogens with zero attached hydrogens (tertiary/aromatic N) is 5. The standard InChI is InChI=1S/C23H16ClF3N2O5.C23H18ClNO4.C21H14ClNO4.C20H20ClNO4.C18H16ClNO4/c1-33-22-15(24)9-8-14-20(22)29(11-19(30)31)17-10-12(6-7-13(17)21(14)32)28-16-4-2-3-5-18(16)34-23(25,26)27;1-14-7-8-16-19(11-14)25(12-20(26)27)21-17(22(16)28)9-10-18(24)23(21)29-13-15-5-3-2-4-6-15;22-16-11-10-15-19(21(16)27-13-6-2-1-3-7-13)23(12-18(24)25)17-9-5-4-8-14(17)20(15)26;1-4-26-20-15(21)8-7-14-18(20)22(10-17(23)24)16-9-12(11(2)3)5-6-13(16)19(14)25;1-2-9-24-18-13(19)8-7-12-16(18)20(10-15(21)22)14-6-4-3-5-11(14)17(12)23/h2-10,28H,11H2,1H3,(H,30,31);2-11H,12-13H2,1H3,(H,26,27);1-11H,12H2,(H,24,25);5-9,11H,4,10H2,1-3H3,(H,23,24);3-8H,2,9-10H2,1H3,(H,21,22). The number of ether oxygens (including phenoxy) is 6. The first-order valence-electron chi connectivity index (χ1n) is 43.2. The number of methoxy groups -OCH3 is 1. The Morgan fingerprint density at radius 2 is 0.729 bits per heavy atom. The van der Waals surface area contributed by atoms with E-state index in [2.05, 4.69) is 10.1 Å². The summed E-state index contributed by atoms with van der Waals surface area (Å²) in [5, 5.41) is 55.3. The third-order valence-corrected chi connectivity index (χ3v) is 23.8. The molecule has 140 heavy (non-hydrogen) atoms. The second-order valence-electron chi connectivity index (χ2n) is 32.0. The molecule has 0 aliphatic carbocycles. The Morgan fingerprint density at radius 3 is 1.16 bits per heavy atom. The van der Waals surface area contributed by atoms with E-state index in [1.165, 1.54) is 60.2 Å². The van der Waals surface area contributed by atoms with Gasteiger partial charge in [0.25, 0.3) is 0 Å². The summed E-state index contributed by atoms with van der Waals surface area (Å²) in [6.45, 7) is 9.01. The average Bonchev–Trinajstić information content (AvgIpc) is 0.764. The minimum Gasteiger partial charge on any atom is -0.493 e. The molecule has 5 heterocycles. The number of aromatic nitrogens is 5. The number of fused-ring (bicyclic) bond motifs is 10. The lowest BCUT2D eigenvalue weighted by molar-refractivity contribution is -0.274. The molecule has 18 aromatic rings. The second-order valence-corrected chi connectivity index (χ2v) is 34.0. The molecule has 0 saturated heterocycles. The molecule has 5 aromatic heterocycles. The van der Waals surface area contributed by atoms with Crippen molar-refractivity contribution in [1.82, 2.24) is 22.8 Å². The molecule has 0 amide bonds. The van der Waals surface area contributed by atoms with Gasteiger partial charge >= 0.3 is 36.2 Å². The number of alkyl halides is 3. The van der Waals surface area contributed by atoms with E-state index in [1.807, 2.05) is 101 Å². The number of carboxylic acid groups (broad SMARTS) is 5. The first-order chi connectivity index (χ1) is 67.0. The van der Waals surface area contributed by atoms with Crippen LogP contribution in [0.1, 0.15) is 56.7 Å². The molecule has 35 heteroatoms. The maximum Gasteiger partial charge on any atom is 0.573 e. The van der Waals surface area contributed by atoms with Gasteiger partial charge in [-0.15, -0.1) is 13.2 Å². The number of carboxylic acids is 5. The summed E-state index contributed by atoms with van der Waals surface area (Å²) in [6.07, 6.45) is -4.12. The molecule has 27 nitrogen and oxygen atoms in total. The largest absolute Gasteiger partial charge is 0.573 e. The van der Waals surface area contributed by atoms with Gasteiger partial charge in [-0.05, 0) is 195 Å². The van der Waals surface area contributed by atoms with Crippen LogP contribution in [0.5, 0.6) is 40.2 Å². The topological polar surface area (TPSA) is 364 Å². The maximum atomic E-state index is 13.2. The fraction of sp³-hybridized carbons (Fsp3) is 0.162. The van der Waals surface area contributed by atoms with Gasteiger partial charge in [0.2, 0.25) is 0 Å². The zero-order chi connectivity index (χ0) is 100. The number of nitrogens with one attached hydrogen (secondary N) is 1. The molecular formula is C105H84Cl5F3N6O21. The summed E-state index contributed by atoms with van der Waals surface area (Å²) in [7, 11) is 1.34. The Morgan fingerprint density at radius 1 is 0.379 bits per heavy atom. The highest BCUT2D eigenvalue weighted by Crippen LogP contribution is 2.43. The fourth-order valence-corrected chi connectivity index (χ4v) is 17.4. The Hall–Kier alpha value is -15.6. The first kappa shape index (κ1) is 100. The molecule has 0 bridgehead atoms. The van der Waals surface area contributed by atoms with E-state index in [1.54, 1.807) is 146 Å².